The van der Waals surface area contributed by atoms with E-state index in [-0.39, 0.29) is 24.3 Å². The summed E-state index contributed by atoms with van der Waals surface area (Å²) in [6, 6.07) is 6.74. The molecule has 0 radical (unpaired) electrons. The number of aliphatic hydroxyl groups is 1. The summed E-state index contributed by atoms with van der Waals surface area (Å²) >= 11 is 0. The molecule has 1 aromatic rings. The average Bonchev–Trinajstić information content (AvgIpc) is 2.96. The van der Waals surface area contributed by atoms with Gasteiger partial charge in [-0.1, -0.05) is 18.2 Å². The number of ether oxygens (including phenoxy) is 1. The molecule has 4 heteroatoms. The van der Waals surface area contributed by atoms with Gasteiger partial charge in [0.2, 0.25) is 0 Å². The summed E-state index contributed by atoms with van der Waals surface area (Å²) < 4.78 is 18.6. The fourth-order valence-electron chi connectivity index (χ4n) is 4.51. The van der Waals surface area contributed by atoms with Crippen LogP contribution in [0.15, 0.2) is 42.0 Å². The number of aliphatic hydroxyl groups excluding tert-OH is 1. The lowest BCUT2D eigenvalue weighted by Crippen LogP contribution is -2.31. The van der Waals surface area contributed by atoms with Crippen molar-refractivity contribution in [2.45, 2.75) is 50.7 Å². The minimum atomic E-state index is -0.622. The third-order valence-corrected chi connectivity index (χ3v) is 5.69. The van der Waals surface area contributed by atoms with Crippen LogP contribution in [0.25, 0.3) is 5.57 Å². The molecule has 1 aromatic carbocycles. The van der Waals surface area contributed by atoms with Crippen LogP contribution in [-0.2, 0) is 9.53 Å². The Morgan fingerprint density at radius 1 is 1.12 bits per heavy atom. The van der Waals surface area contributed by atoms with E-state index in [9.17, 15) is 14.3 Å². The molecule has 3 nitrogen and oxygen atoms in total. The van der Waals surface area contributed by atoms with Crippen molar-refractivity contribution in [3.63, 3.8) is 0 Å². The highest BCUT2D eigenvalue weighted by atomic mass is 19.1. The standard InChI is InChI=1S/C21H23FO3/c22-16-5-3-14(4-6-16)20-10-13-1-2-15(9-13)19(20)8-7-18-11-17(23)12-21(24)25-18/h3-8,13,15,17-18,23H,1-2,9-12H2/t13?,15?,17-,18-/m0/s1. The van der Waals surface area contributed by atoms with Crippen molar-refractivity contribution in [3.8, 4) is 0 Å². The predicted octanol–water partition coefficient (Wildman–Crippen LogP) is 4.02. The summed E-state index contributed by atoms with van der Waals surface area (Å²) in [5.41, 5.74) is 3.66. The number of cyclic esters (lactones) is 1. The van der Waals surface area contributed by atoms with Gasteiger partial charge in [0.15, 0.2) is 0 Å². The summed E-state index contributed by atoms with van der Waals surface area (Å²) in [6.07, 6.45) is 8.20. The average molecular weight is 342 g/mol. The van der Waals surface area contributed by atoms with Crippen LogP contribution < -0.4 is 0 Å². The van der Waals surface area contributed by atoms with Gasteiger partial charge in [0.1, 0.15) is 11.9 Å². The van der Waals surface area contributed by atoms with Gasteiger partial charge in [-0.2, -0.15) is 0 Å². The second kappa shape index (κ2) is 6.75. The van der Waals surface area contributed by atoms with Gasteiger partial charge in [0.05, 0.1) is 12.5 Å². The summed E-state index contributed by atoms with van der Waals surface area (Å²) in [5.74, 6) is 0.685. The van der Waals surface area contributed by atoms with E-state index in [0.717, 1.165) is 17.9 Å². The number of carbonyl (C=O) groups is 1. The van der Waals surface area contributed by atoms with E-state index >= 15 is 0 Å². The molecule has 1 N–H and O–H groups in total. The van der Waals surface area contributed by atoms with E-state index in [2.05, 4.69) is 6.08 Å². The maximum atomic E-state index is 13.3. The van der Waals surface area contributed by atoms with E-state index in [4.69, 9.17) is 4.74 Å². The lowest BCUT2D eigenvalue weighted by atomic mass is 9.80. The Bertz CT molecular complexity index is 719. The minimum absolute atomic E-state index is 0.0815. The molecular weight excluding hydrogens is 319 g/mol. The molecule has 4 rings (SSSR count). The van der Waals surface area contributed by atoms with Gasteiger partial charge in [0.25, 0.3) is 0 Å². The monoisotopic (exact) mass is 342 g/mol. The molecule has 25 heavy (non-hydrogen) atoms. The number of hydrogen-bond donors (Lipinski definition) is 1. The van der Waals surface area contributed by atoms with Crippen molar-refractivity contribution >= 4 is 11.5 Å². The Morgan fingerprint density at radius 2 is 1.92 bits per heavy atom. The third-order valence-electron chi connectivity index (χ3n) is 5.69. The summed E-state index contributed by atoms with van der Waals surface area (Å²) in [6.45, 7) is 0. The van der Waals surface area contributed by atoms with E-state index < -0.39 is 6.10 Å². The van der Waals surface area contributed by atoms with Crippen LogP contribution >= 0.6 is 0 Å². The molecule has 3 aliphatic rings. The van der Waals surface area contributed by atoms with Crippen molar-refractivity contribution in [3.05, 3.63) is 53.4 Å². The summed E-state index contributed by atoms with van der Waals surface area (Å²) in [4.78, 5) is 11.5. The molecule has 1 saturated carbocycles. The predicted molar refractivity (Wildman–Crippen MR) is 93.0 cm³/mol. The van der Waals surface area contributed by atoms with Crippen LogP contribution in [0.1, 0.15) is 44.1 Å². The second-order valence-electron chi connectivity index (χ2n) is 7.50. The fraction of sp³-hybridized carbons (Fsp3) is 0.476. The van der Waals surface area contributed by atoms with E-state index in [1.54, 1.807) is 0 Å². The summed E-state index contributed by atoms with van der Waals surface area (Å²) in [7, 11) is 0. The Morgan fingerprint density at radius 3 is 2.68 bits per heavy atom. The smallest absolute Gasteiger partial charge is 0.309 e. The topological polar surface area (TPSA) is 46.5 Å². The highest BCUT2D eigenvalue weighted by Crippen LogP contribution is 2.48. The van der Waals surface area contributed by atoms with E-state index in [0.29, 0.717) is 12.3 Å². The highest BCUT2D eigenvalue weighted by molar-refractivity contribution is 5.73. The molecule has 0 aromatic heterocycles. The number of benzene rings is 1. The van der Waals surface area contributed by atoms with Crippen molar-refractivity contribution in [1.29, 1.82) is 0 Å². The van der Waals surface area contributed by atoms with Gasteiger partial charge in [0, 0.05) is 6.42 Å². The van der Waals surface area contributed by atoms with Crippen LogP contribution in [0.3, 0.4) is 0 Å². The summed E-state index contributed by atoms with van der Waals surface area (Å²) in [5, 5.41) is 9.77. The normalized spacial score (nSPS) is 32.3. The van der Waals surface area contributed by atoms with Crippen LogP contribution in [0, 0.1) is 17.7 Å². The quantitative estimate of drug-likeness (QED) is 0.844. The first-order valence-corrected chi connectivity index (χ1v) is 9.13. The largest absolute Gasteiger partial charge is 0.458 e. The van der Waals surface area contributed by atoms with Gasteiger partial charge < -0.3 is 9.84 Å². The van der Waals surface area contributed by atoms with Crippen LogP contribution in [0.5, 0.6) is 0 Å². The first-order chi connectivity index (χ1) is 12.1. The van der Waals surface area contributed by atoms with Crippen LogP contribution in [0.2, 0.25) is 0 Å². The third kappa shape index (κ3) is 3.54. The molecule has 2 unspecified atom stereocenters. The number of allylic oxidation sites excluding steroid dienone is 3. The molecule has 2 aliphatic carbocycles. The van der Waals surface area contributed by atoms with E-state index in [1.165, 1.54) is 42.5 Å². The number of rotatable bonds is 3. The molecule has 1 heterocycles. The van der Waals surface area contributed by atoms with E-state index in [1.807, 2.05) is 18.2 Å². The second-order valence-corrected chi connectivity index (χ2v) is 7.50. The first-order valence-electron chi connectivity index (χ1n) is 9.13. The molecule has 2 fully saturated rings. The molecular formula is C21H23FO3. The zero-order valence-electron chi connectivity index (χ0n) is 14.2. The van der Waals surface area contributed by atoms with Crippen molar-refractivity contribution < 1.29 is 19.0 Å². The Labute approximate surface area is 147 Å². The van der Waals surface area contributed by atoms with Gasteiger partial charge >= 0.3 is 5.97 Å². The SMILES string of the molecule is O=C1C[C@@H](O)C[C@H](C=CC2=C(c3ccc(F)cc3)CC3CCC2C3)O1. The first kappa shape index (κ1) is 16.5. The Hall–Kier alpha value is -1.94. The van der Waals surface area contributed by atoms with Gasteiger partial charge in [-0.15, -0.1) is 0 Å². The van der Waals surface area contributed by atoms with Crippen LogP contribution in [-0.4, -0.2) is 23.3 Å². The Kier molecular flexibility index (Phi) is 4.46. The van der Waals surface area contributed by atoms with Crippen LogP contribution in [0.4, 0.5) is 4.39 Å². The van der Waals surface area contributed by atoms with Gasteiger partial charge in [-0.05, 0) is 72.4 Å². The molecule has 0 spiro atoms. The molecule has 132 valence electrons. The zero-order chi connectivity index (χ0) is 17.4. The molecule has 2 bridgehead atoms. The lowest BCUT2D eigenvalue weighted by Gasteiger charge is -2.27. The maximum absolute atomic E-state index is 13.3. The van der Waals surface area contributed by atoms with Gasteiger partial charge in [-0.25, -0.2) is 4.39 Å². The number of fused-ring (bicyclic) bond motifs is 2. The minimum Gasteiger partial charge on any atom is -0.458 e. The van der Waals surface area contributed by atoms with Crippen molar-refractivity contribution in [2.75, 3.05) is 0 Å². The van der Waals surface area contributed by atoms with Gasteiger partial charge in [-0.3, -0.25) is 4.79 Å². The lowest BCUT2D eigenvalue weighted by molar-refractivity contribution is -0.156. The fourth-order valence-corrected chi connectivity index (χ4v) is 4.51. The number of hydrogen-bond acceptors (Lipinski definition) is 3. The molecule has 4 atom stereocenters. The maximum Gasteiger partial charge on any atom is 0.309 e. The molecule has 0 amide bonds. The number of halogens is 1. The van der Waals surface area contributed by atoms with Crippen molar-refractivity contribution in [1.82, 2.24) is 0 Å². The number of carbonyl (C=O) groups excluding carboxylic acids is 1. The highest BCUT2D eigenvalue weighted by Gasteiger charge is 2.34. The molecule has 1 saturated heterocycles. The van der Waals surface area contributed by atoms with Crippen molar-refractivity contribution in [2.24, 2.45) is 11.8 Å². The Balaban J connectivity index is 1.64. The number of esters is 1. The zero-order valence-corrected chi connectivity index (χ0v) is 14.2. The molecule has 1 aliphatic heterocycles.